The van der Waals surface area contributed by atoms with Gasteiger partial charge in [0.1, 0.15) is 5.82 Å². The van der Waals surface area contributed by atoms with Crippen LogP contribution in [-0.2, 0) is 4.79 Å². The van der Waals surface area contributed by atoms with E-state index in [0.29, 0.717) is 16.2 Å². The molecule has 2 aromatic rings. The summed E-state index contributed by atoms with van der Waals surface area (Å²) in [6.45, 7) is 4.06. The molecule has 0 aliphatic heterocycles. The molecule has 18 heavy (non-hydrogen) atoms. The van der Waals surface area contributed by atoms with E-state index in [-0.39, 0.29) is 11.7 Å². The van der Waals surface area contributed by atoms with Gasteiger partial charge in [-0.3, -0.25) is 9.89 Å². The molecule has 0 aliphatic rings. The summed E-state index contributed by atoms with van der Waals surface area (Å²) in [7, 11) is 0. The smallest absolute Gasteiger partial charge is 0.236 e. The number of rotatable bonds is 5. The normalized spacial score (nSPS) is 10.8. The summed E-state index contributed by atoms with van der Waals surface area (Å²) in [4.78, 5) is 19.9. The number of hydrogen-bond donors (Lipinski definition) is 2. The van der Waals surface area contributed by atoms with Crippen LogP contribution in [0.25, 0.3) is 0 Å². The predicted molar refractivity (Wildman–Crippen MR) is 71.9 cm³/mol. The molecule has 0 spiro atoms. The highest BCUT2D eigenvalue weighted by Crippen LogP contribution is 2.17. The Morgan fingerprint density at radius 3 is 3.06 bits per heavy atom. The summed E-state index contributed by atoms with van der Waals surface area (Å²) in [5, 5.41) is 12.6. The van der Waals surface area contributed by atoms with Crippen molar-refractivity contribution in [3.63, 3.8) is 0 Å². The van der Waals surface area contributed by atoms with Gasteiger partial charge in [-0.15, -0.1) is 16.4 Å². The number of nitrogens with one attached hydrogen (secondary N) is 2. The molecular weight excluding hydrogens is 270 g/mol. The quantitative estimate of drug-likeness (QED) is 0.821. The molecule has 1 amide bonds. The van der Waals surface area contributed by atoms with Crippen molar-refractivity contribution < 1.29 is 4.79 Å². The van der Waals surface area contributed by atoms with Crippen molar-refractivity contribution in [2.24, 2.45) is 0 Å². The number of amides is 1. The number of carbonyl (C=O) groups excluding carboxylic acids is 1. The zero-order valence-corrected chi connectivity index (χ0v) is 11.6. The number of aromatic nitrogens is 4. The van der Waals surface area contributed by atoms with Gasteiger partial charge < -0.3 is 5.32 Å². The van der Waals surface area contributed by atoms with E-state index in [2.05, 4.69) is 25.5 Å². The highest BCUT2D eigenvalue weighted by Gasteiger charge is 2.10. The number of thioether (sulfide) groups is 1. The SMILES string of the molecule is CC(C)c1nc(SCC(=O)Nc2nccs2)n[nH]1. The van der Waals surface area contributed by atoms with Crippen LogP contribution in [0.5, 0.6) is 0 Å². The van der Waals surface area contributed by atoms with Gasteiger partial charge in [0.2, 0.25) is 11.1 Å². The standard InChI is InChI=1S/C10H13N5OS2/c1-6(2)8-13-10(15-14-8)18-5-7(16)12-9-11-3-4-17-9/h3-4,6H,5H2,1-2H3,(H,11,12,16)(H,13,14,15). The summed E-state index contributed by atoms with van der Waals surface area (Å²) in [6.07, 6.45) is 1.65. The number of aromatic amines is 1. The molecule has 0 bridgehead atoms. The summed E-state index contributed by atoms with van der Waals surface area (Å²) < 4.78 is 0. The highest BCUT2D eigenvalue weighted by atomic mass is 32.2. The van der Waals surface area contributed by atoms with E-state index in [1.807, 2.05) is 19.2 Å². The molecule has 0 saturated carbocycles. The van der Waals surface area contributed by atoms with Crippen LogP contribution in [0.15, 0.2) is 16.7 Å². The molecule has 96 valence electrons. The van der Waals surface area contributed by atoms with Crippen LogP contribution in [0.4, 0.5) is 5.13 Å². The predicted octanol–water partition coefficient (Wildman–Crippen LogP) is 2.12. The Hall–Kier alpha value is -1.41. The van der Waals surface area contributed by atoms with E-state index < -0.39 is 0 Å². The van der Waals surface area contributed by atoms with Gasteiger partial charge in [0.25, 0.3) is 0 Å². The Morgan fingerprint density at radius 2 is 2.44 bits per heavy atom. The summed E-state index contributed by atoms with van der Waals surface area (Å²) in [6, 6.07) is 0. The number of hydrogen-bond acceptors (Lipinski definition) is 6. The average Bonchev–Trinajstić information content (AvgIpc) is 2.96. The zero-order chi connectivity index (χ0) is 13.0. The van der Waals surface area contributed by atoms with Gasteiger partial charge in [-0.1, -0.05) is 25.6 Å². The lowest BCUT2D eigenvalue weighted by Crippen LogP contribution is -2.13. The molecule has 0 saturated heterocycles. The molecule has 6 nitrogen and oxygen atoms in total. The summed E-state index contributed by atoms with van der Waals surface area (Å²) >= 11 is 2.69. The van der Waals surface area contributed by atoms with E-state index in [9.17, 15) is 4.79 Å². The van der Waals surface area contributed by atoms with Crippen molar-refractivity contribution >= 4 is 34.1 Å². The molecule has 2 N–H and O–H groups in total. The Labute approximate surface area is 113 Å². The minimum absolute atomic E-state index is 0.106. The average molecular weight is 283 g/mol. The monoisotopic (exact) mass is 283 g/mol. The molecule has 0 atom stereocenters. The fourth-order valence-electron chi connectivity index (χ4n) is 1.15. The molecule has 0 aliphatic carbocycles. The molecule has 2 heterocycles. The van der Waals surface area contributed by atoms with E-state index in [1.54, 1.807) is 6.20 Å². The topological polar surface area (TPSA) is 83.6 Å². The van der Waals surface area contributed by atoms with Gasteiger partial charge in [0.15, 0.2) is 5.13 Å². The van der Waals surface area contributed by atoms with Crippen molar-refractivity contribution in [1.29, 1.82) is 0 Å². The van der Waals surface area contributed by atoms with Gasteiger partial charge in [0.05, 0.1) is 5.75 Å². The zero-order valence-electron chi connectivity index (χ0n) is 10.0. The van der Waals surface area contributed by atoms with Crippen molar-refractivity contribution in [3.05, 3.63) is 17.4 Å². The van der Waals surface area contributed by atoms with E-state index >= 15 is 0 Å². The molecule has 8 heteroatoms. The molecule has 0 radical (unpaired) electrons. The maximum Gasteiger partial charge on any atom is 0.236 e. The van der Waals surface area contributed by atoms with Crippen LogP contribution in [0.2, 0.25) is 0 Å². The molecule has 0 fully saturated rings. The second kappa shape index (κ2) is 5.96. The van der Waals surface area contributed by atoms with Gasteiger partial charge in [-0.2, -0.15) is 0 Å². The lowest BCUT2D eigenvalue weighted by Gasteiger charge is -1.98. The third-order valence-corrected chi connectivity index (χ3v) is 3.58. The minimum Gasteiger partial charge on any atom is -0.301 e. The first-order chi connectivity index (χ1) is 8.65. The number of anilines is 1. The third-order valence-electron chi connectivity index (χ3n) is 2.04. The first kappa shape index (κ1) is 13.0. The number of H-pyrrole nitrogens is 1. The van der Waals surface area contributed by atoms with Crippen LogP contribution in [0.3, 0.4) is 0 Å². The lowest BCUT2D eigenvalue weighted by molar-refractivity contribution is -0.113. The van der Waals surface area contributed by atoms with Crippen LogP contribution in [0, 0.1) is 0 Å². The van der Waals surface area contributed by atoms with Crippen LogP contribution in [-0.4, -0.2) is 31.8 Å². The van der Waals surface area contributed by atoms with Gasteiger partial charge in [-0.05, 0) is 0 Å². The third kappa shape index (κ3) is 3.54. The van der Waals surface area contributed by atoms with Crippen LogP contribution < -0.4 is 5.32 Å². The van der Waals surface area contributed by atoms with Crippen LogP contribution >= 0.6 is 23.1 Å². The molecule has 0 aromatic carbocycles. The number of carbonyl (C=O) groups is 1. The first-order valence-electron chi connectivity index (χ1n) is 5.39. The lowest BCUT2D eigenvalue weighted by atomic mass is 10.2. The molecule has 0 unspecified atom stereocenters. The first-order valence-corrected chi connectivity index (χ1v) is 7.26. The van der Waals surface area contributed by atoms with Crippen molar-refractivity contribution in [2.45, 2.75) is 24.9 Å². The fourth-order valence-corrected chi connectivity index (χ4v) is 2.30. The van der Waals surface area contributed by atoms with Gasteiger partial charge >= 0.3 is 0 Å². The largest absolute Gasteiger partial charge is 0.301 e. The van der Waals surface area contributed by atoms with Crippen LogP contribution in [0.1, 0.15) is 25.6 Å². The maximum atomic E-state index is 11.6. The van der Waals surface area contributed by atoms with Crippen molar-refractivity contribution in [2.75, 3.05) is 11.1 Å². The van der Waals surface area contributed by atoms with E-state index in [1.165, 1.54) is 23.1 Å². The summed E-state index contributed by atoms with van der Waals surface area (Å²) in [5.74, 6) is 1.30. The Kier molecular flexibility index (Phi) is 4.32. The van der Waals surface area contributed by atoms with E-state index in [4.69, 9.17) is 0 Å². The number of nitrogens with zero attached hydrogens (tertiary/aromatic N) is 3. The van der Waals surface area contributed by atoms with E-state index in [0.717, 1.165) is 5.82 Å². The molecule has 2 aromatic heterocycles. The highest BCUT2D eigenvalue weighted by molar-refractivity contribution is 7.99. The fraction of sp³-hybridized carbons (Fsp3) is 0.400. The van der Waals surface area contributed by atoms with Crippen molar-refractivity contribution in [1.82, 2.24) is 20.2 Å². The Morgan fingerprint density at radius 1 is 1.61 bits per heavy atom. The maximum absolute atomic E-state index is 11.6. The Bertz CT molecular complexity index is 508. The second-order valence-electron chi connectivity index (χ2n) is 3.83. The van der Waals surface area contributed by atoms with Gasteiger partial charge in [-0.25, -0.2) is 9.97 Å². The van der Waals surface area contributed by atoms with Crippen molar-refractivity contribution in [3.8, 4) is 0 Å². The summed E-state index contributed by atoms with van der Waals surface area (Å²) in [5.41, 5.74) is 0. The Balaban J connectivity index is 1.81. The van der Waals surface area contributed by atoms with Gasteiger partial charge in [0, 0.05) is 17.5 Å². The number of thiazole rings is 1. The second-order valence-corrected chi connectivity index (χ2v) is 5.67. The molecular formula is C10H13N5OS2. The minimum atomic E-state index is -0.106. The molecule has 2 rings (SSSR count).